The van der Waals surface area contributed by atoms with Crippen LogP contribution in [-0.2, 0) is 12.8 Å². The number of benzene rings is 2. The van der Waals surface area contributed by atoms with Gasteiger partial charge >= 0.3 is 0 Å². The van der Waals surface area contributed by atoms with Gasteiger partial charge in [0.25, 0.3) is 0 Å². The van der Waals surface area contributed by atoms with Gasteiger partial charge in [-0.15, -0.1) is 0 Å². The smallest absolute Gasteiger partial charge is 0.0465 e. The van der Waals surface area contributed by atoms with E-state index < -0.39 is 0 Å². The normalized spacial score (nSPS) is 12.4. The number of rotatable bonds is 5. The Bertz CT molecular complexity index is 586. The van der Waals surface area contributed by atoms with E-state index in [1.165, 1.54) is 0 Å². The van der Waals surface area contributed by atoms with Gasteiger partial charge in [-0.1, -0.05) is 57.3 Å². The molecule has 0 saturated carbocycles. The minimum atomic E-state index is 0.124. The molecule has 0 bridgehead atoms. The Morgan fingerprint density at radius 2 is 1.85 bits per heavy atom. The van der Waals surface area contributed by atoms with Gasteiger partial charge in [0.15, 0.2) is 0 Å². The Morgan fingerprint density at radius 1 is 1.05 bits per heavy atom. The van der Waals surface area contributed by atoms with E-state index >= 15 is 0 Å². The van der Waals surface area contributed by atoms with Crippen LogP contribution in [-0.4, -0.2) is 11.7 Å². The summed E-state index contributed by atoms with van der Waals surface area (Å²) in [6, 6.07) is 13.6. The molecule has 1 N–H and O–H groups in total. The highest BCUT2D eigenvalue weighted by Crippen LogP contribution is 2.25. The van der Waals surface area contributed by atoms with Gasteiger partial charge in [0, 0.05) is 21.1 Å². The van der Waals surface area contributed by atoms with E-state index in [4.69, 9.17) is 23.2 Å². The first kappa shape index (κ1) is 15.8. The van der Waals surface area contributed by atoms with Crippen molar-refractivity contribution in [3.05, 3.63) is 68.1 Å². The van der Waals surface area contributed by atoms with Gasteiger partial charge in [-0.2, -0.15) is 0 Å². The molecule has 1 unspecified atom stereocenters. The summed E-state index contributed by atoms with van der Waals surface area (Å²) in [6.07, 6.45) is 1.53. The van der Waals surface area contributed by atoms with Gasteiger partial charge in [0.1, 0.15) is 0 Å². The quantitative estimate of drug-likeness (QED) is 0.768. The zero-order valence-electron chi connectivity index (χ0n) is 10.8. The van der Waals surface area contributed by atoms with Crippen LogP contribution < -0.4 is 0 Å². The molecule has 0 aromatic heterocycles. The van der Waals surface area contributed by atoms with Crippen molar-refractivity contribution in [2.24, 2.45) is 5.92 Å². The van der Waals surface area contributed by atoms with Gasteiger partial charge in [-0.3, -0.25) is 0 Å². The lowest BCUT2D eigenvalue weighted by atomic mass is 9.93. The third-order valence-corrected chi connectivity index (χ3v) is 4.28. The molecule has 0 spiro atoms. The summed E-state index contributed by atoms with van der Waals surface area (Å²) in [5.41, 5.74) is 2.18. The molecular formula is C16H15BrCl2O. The van der Waals surface area contributed by atoms with Crippen LogP contribution in [0.1, 0.15) is 11.1 Å². The molecule has 1 atom stereocenters. The lowest BCUT2D eigenvalue weighted by Gasteiger charge is -2.15. The van der Waals surface area contributed by atoms with Crippen LogP contribution in [0.3, 0.4) is 0 Å². The highest BCUT2D eigenvalue weighted by Gasteiger charge is 2.12. The number of aliphatic hydroxyl groups excluding tert-OH is 1. The van der Waals surface area contributed by atoms with E-state index in [1.54, 1.807) is 0 Å². The molecule has 20 heavy (non-hydrogen) atoms. The van der Waals surface area contributed by atoms with E-state index in [2.05, 4.69) is 15.9 Å². The zero-order valence-corrected chi connectivity index (χ0v) is 13.9. The minimum absolute atomic E-state index is 0.124. The summed E-state index contributed by atoms with van der Waals surface area (Å²) in [6.45, 7) is 0.124. The van der Waals surface area contributed by atoms with Gasteiger partial charge in [0.05, 0.1) is 0 Å². The third-order valence-electron chi connectivity index (χ3n) is 3.20. The van der Waals surface area contributed by atoms with E-state index in [1.807, 2.05) is 42.5 Å². The lowest BCUT2D eigenvalue weighted by Crippen LogP contribution is -2.13. The molecule has 4 heteroatoms. The Morgan fingerprint density at radius 3 is 2.50 bits per heavy atom. The molecule has 0 heterocycles. The van der Waals surface area contributed by atoms with E-state index in [9.17, 15) is 5.11 Å². The van der Waals surface area contributed by atoms with Crippen molar-refractivity contribution in [2.45, 2.75) is 12.8 Å². The van der Waals surface area contributed by atoms with Crippen molar-refractivity contribution in [2.75, 3.05) is 6.61 Å². The summed E-state index contributed by atoms with van der Waals surface area (Å²) in [5, 5.41) is 11.0. The van der Waals surface area contributed by atoms with Crippen molar-refractivity contribution in [1.29, 1.82) is 0 Å². The Balaban J connectivity index is 2.09. The fourth-order valence-corrected chi connectivity index (χ4v) is 3.16. The molecule has 2 aromatic rings. The Kier molecular flexibility index (Phi) is 5.91. The van der Waals surface area contributed by atoms with Crippen LogP contribution in [0.15, 0.2) is 46.9 Å². The maximum Gasteiger partial charge on any atom is 0.0465 e. The summed E-state index contributed by atoms with van der Waals surface area (Å²) in [7, 11) is 0. The molecule has 106 valence electrons. The molecule has 0 saturated heterocycles. The summed E-state index contributed by atoms with van der Waals surface area (Å²) in [5.74, 6) is 0.132. The molecule has 0 aliphatic carbocycles. The largest absolute Gasteiger partial charge is 0.396 e. The molecule has 0 aliphatic rings. The van der Waals surface area contributed by atoms with Gasteiger partial charge in [-0.25, -0.2) is 0 Å². The topological polar surface area (TPSA) is 20.2 Å². The van der Waals surface area contributed by atoms with Crippen LogP contribution in [0.25, 0.3) is 0 Å². The highest BCUT2D eigenvalue weighted by atomic mass is 79.9. The average molecular weight is 374 g/mol. The number of hydrogen-bond donors (Lipinski definition) is 1. The van der Waals surface area contributed by atoms with Crippen molar-refractivity contribution in [3.8, 4) is 0 Å². The Hall–Kier alpha value is -0.540. The monoisotopic (exact) mass is 372 g/mol. The highest BCUT2D eigenvalue weighted by molar-refractivity contribution is 9.10. The maximum atomic E-state index is 9.58. The van der Waals surface area contributed by atoms with E-state index in [0.29, 0.717) is 0 Å². The summed E-state index contributed by atoms with van der Waals surface area (Å²) < 4.78 is 0.960. The van der Waals surface area contributed by atoms with Crippen molar-refractivity contribution in [1.82, 2.24) is 0 Å². The predicted octanol–water partition coefficient (Wildman–Crippen LogP) is 5.15. The van der Waals surface area contributed by atoms with Crippen molar-refractivity contribution >= 4 is 39.1 Å². The molecular weight excluding hydrogens is 359 g/mol. The molecule has 2 rings (SSSR count). The first-order chi connectivity index (χ1) is 9.58. The second kappa shape index (κ2) is 7.46. The average Bonchev–Trinajstić information content (AvgIpc) is 2.41. The Labute approximate surface area is 137 Å². The van der Waals surface area contributed by atoms with Crippen molar-refractivity contribution < 1.29 is 5.11 Å². The fourth-order valence-electron chi connectivity index (χ4n) is 2.20. The second-order valence-corrected chi connectivity index (χ2v) is 6.58. The predicted molar refractivity (Wildman–Crippen MR) is 88.6 cm³/mol. The zero-order chi connectivity index (χ0) is 14.5. The van der Waals surface area contributed by atoms with Gasteiger partial charge in [0.2, 0.25) is 0 Å². The first-order valence-corrected chi connectivity index (χ1v) is 7.92. The molecule has 0 amide bonds. The van der Waals surface area contributed by atoms with Crippen LogP contribution in [0.2, 0.25) is 10.0 Å². The van der Waals surface area contributed by atoms with E-state index in [0.717, 1.165) is 38.5 Å². The van der Waals surface area contributed by atoms with E-state index in [-0.39, 0.29) is 12.5 Å². The molecule has 1 nitrogen and oxygen atoms in total. The maximum absolute atomic E-state index is 9.58. The number of hydrogen-bond acceptors (Lipinski definition) is 1. The summed E-state index contributed by atoms with van der Waals surface area (Å²) >= 11 is 15.6. The fraction of sp³-hybridized carbons (Fsp3) is 0.250. The van der Waals surface area contributed by atoms with Gasteiger partial charge < -0.3 is 5.11 Å². The minimum Gasteiger partial charge on any atom is -0.396 e. The molecule has 0 fully saturated rings. The van der Waals surface area contributed by atoms with Crippen LogP contribution in [0, 0.1) is 5.92 Å². The standard InChI is InChI=1S/C16H15BrCl2O/c17-14-5-4-13(16(19)9-14)7-12(10-20)6-11-2-1-3-15(18)8-11/h1-5,8-9,12,20H,6-7,10H2. The van der Waals surface area contributed by atoms with Crippen LogP contribution in [0.4, 0.5) is 0 Å². The molecule has 2 aromatic carbocycles. The van der Waals surface area contributed by atoms with Crippen molar-refractivity contribution in [3.63, 3.8) is 0 Å². The second-order valence-electron chi connectivity index (χ2n) is 4.82. The SMILES string of the molecule is OCC(Cc1cccc(Cl)c1)Cc1ccc(Br)cc1Cl. The summed E-state index contributed by atoms with van der Waals surface area (Å²) in [4.78, 5) is 0. The first-order valence-electron chi connectivity index (χ1n) is 6.37. The molecule has 0 radical (unpaired) electrons. The van der Waals surface area contributed by atoms with Gasteiger partial charge in [-0.05, 0) is 54.2 Å². The lowest BCUT2D eigenvalue weighted by molar-refractivity contribution is 0.225. The van der Waals surface area contributed by atoms with Crippen LogP contribution >= 0.6 is 39.1 Å². The number of aliphatic hydroxyl groups is 1. The number of halogens is 3. The third kappa shape index (κ3) is 4.49. The molecule has 0 aliphatic heterocycles. The van der Waals surface area contributed by atoms with Crippen LogP contribution in [0.5, 0.6) is 0 Å².